The molecule has 0 fully saturated rings. The first-order valence-corrected chi connectivity index (χ1v) is 13.1. The zero-order valence-corrected chi connectivity index (χ0v) is 22.4. The first-order valence-electron chi connectivity index (χ1n) is 12.2. The van der Waals surface area contributed by atoms with E-state index in [2.05, 4.69) is 37.9 Å². The van der Waals surface area contributed by atoms with E-state index in [4.69, 9.17) is 0 Å². The summed E-state index contributed by atoms with van der Waals surface area (Å²) in [6, 6.07) is 19.7. The molecule has 35 heavy (non-hydrogen) atoms. The van der Waals surface area contributed by atoms with Crippen molar-refractivity contribution >= 4 is 34.5 Å². The van der Waals surface area contributed by atoms with Crippen LogP contribution in [0.25, 0.3) is 0 Å². The van der Waals surface area contributed by atoms with Crippen molar-refractivity contribution < 1.29 is 9.59 Å². The lowest BCUT2D eigenvalue weighted by atomic mass is 9.92. The Balaban J connectivity index is 1.96. The summed E-state index contributed by atoms with van der Waals surface area (Å²) in [5, 5.41) is 4.91. The Morgan fingerprint density at radius 1 is 0.971 bits per heavy atom. The molecule has 0 bridgehead atoms. The number of benzene rings is 2. The maximum absolute atomic E-state index is 14.0. The van der Waals surface area contributed by atoms with Crippen molar-refractivity contribution in [1.29, 1.82) is 0 Å². The predicted octanol–water partition coefficient (Wildman–Crippen LogP) is 6.63. The molecule has 0 saturated carbocycles. The Labute approximate surface area is 213 Å². The van der Waals surface area contributed by atoms with Crippen LogP contribution in [-0.4, -0.2) is 36.9 Å². The maximum Gasteiger partial charge on any atom is 0.265 e. The number of hydrogen-bond donors (Lipinski definition) is 1. The van der Waals surface area contributed by atoms with Crippen LogP contribution in [0.4, 0.5) is 11.4 Å². The van der Waals surface area contributed by atoms with Crippen LogP contribution in [0.2, 0.25) is 0 Å². The Morgan fingerprint density at radius 3 is 2.26 bits per heavy atom. The van der Waals surface area contributed by atoms with Gasteiger partial charge in [-0.15, -0.1) is 11.3 Å². The lowest BCUT2D eigenvalue weighted by Crippen LogP contribution is -2.43. The molecule has 1 aromatic heterocycles. The number of anilines is 2. The summed E-state index contributed by atoms with van der Waals surface area (Å²) in [6.45, 7) is 8.97. The Bertz CT molecular complexity index is 1110. The van der Waals surface area contributed by atoms with E-state index in [-0.39, 0.29) is 23.8 Å². The lowest BCUT2D eigenvalue weighted by Gasteiger charge is -2.36. The molecule has 0 radical (unpaired) electrons. The molecule has 2 aromatic carbocycles. The predicted molar refractivity (Wildman–Crippen MR) is 147 cm³/mol. The van der Waals surface area contributed by atoms with Gasteiger partial charge in [0.15, 0.2) is 0 Å². The van der Waals surface area contributed by atoms with Crippen LogP contribution in [0.3, 0.4) is 0 Å². The van der Waals surface area contributed by atoms with E-state index in [9.17, 15) is 9.59 Å². The summed E-state index contributed by atoms with van der Waals surface area (Å²) >= 11 is 1.41. The fourth-order valence-corrected chi connectivity index (χ4v) is 4.85. The summed E-state index contributed by atoms with van der Waals surface area (Å²) in [5.41, 5.74) is 3.80. The summed E-state index contributed by atoms with van der Waals surface area (Å²) < 4.78 is 0. The van der Waals surface area contributed by atoms with Gasteiger partial charge in [-0.25, -0.2) is 0 Å². The molecule has 1 heterocycles. The molecule has 6 heteroatoms. The van der Waals surface area contributed by atoms with E-state index in [0.29, 0.717) is 17.3 Å². The third kappa shape index (κ3) is 6.51. The minimum absolute atomic E-state index is 0.0552. The SMILES string of the molecule is CC[C@H](C(=O)N(Cc1cc(NC(=O)c2cccs2)ccc1N(C)C)[C@H](C)C(C)C)c1ccccc1. The minimum atomic E-state index is -0.193. The normalized spacial score (nSPS) is 12.8. The molecule has 5 nitrogen and oxygen atoms in total. The first kappa shape index (κ1) is 26.5. The van der Waals surface area contributed by atoms with Gasteiger partial charge in [-0.3, -0.25) is 9.59 Å². The molecule has 3 aromatic rings. The number of rotatable bonds is 10. The lowest BCUT2D eigenvalue weighted by molar-refractivity contribution is -0.136. The summed E-state index contributed by atoms with van der Waals surface area (Å²) in [4.78, 5) is 31.3. The number of nitrogens with zero attached hydrogens (tertiary/aromatic N) is 2. The van der Waals surface area contributed by atoms with Crippen molar-refractivity contribution in [3.63, 3.8) is 0 Å². The molecule has 2 amide bonds. The van der Waals surface area contributed by atoms with Crippen LogP contribution in [0.15, 0.2) is 66.0 Å². The molecular weight excluding hydrogens is 454 g/mol. The van der Waals surface area contributed by atoms with Gasteiger partial charge >= 0.3 is 0 Å². The van der Waals surface area contributed by atoms with Crippen LogP contribution in [0.5, 0.6) is 0 Å². The average Bonchev–Trinajstić information content (AvgIpc) is 3.38. The molecule has 186 valence electrons. The number of thiophene rings is 1. The molecule has 0 aliphatic rings. The van der Waals surface area contributed by atoms with E-state index in [1.54, 1.807) is 0 Å². The molecule has 0 aliphatic carbocycles. The second-order valence-corrected chi connectivity index (χ2v) is 10.4. The Hall–Kier alpha value is -3.12. The summed E-state index contributed by atoms with van der Waals surface area (Å²) in [7, 11) is 4.00. The Morgan fingerprint density at radius 2 is 1.69 bits per heavy atom. The average molecular weight is 492 g/mol. The number of carbonyl (C=O) groups excluding carboxylic acids is 2. The van der Waals surface area contributed by atoms with Crippen molar-refractivity contribution in [1.82, 2.24) is 4.90 Å². The smallest absolute Gasteiger partial charge is 0.265 e. The minimum Gasteiger partial charge on any atom is -0.377 e. The van der Waals surface area contributed by atoms with Crippen LogP contribution < -0.4 is 10.2 Å². The van der Waals surface area contributed by atoms with Gasteiger partial charge in [-0.05, 0) is 60.0 Å². The number of hydrogen-bond acceptors (Lipinski definition) is 4. The quantitative estimate of drug-likeness (QED) is 0.346. The highest BCUT2D eigenvalue weighted by atomic mass is 32.1. The van der Waals surface area contributed by atoms with Crippen molar-refractivity contribution in [2.75, 3.05) is 24.3 Å². The summed E-state index contributed by atoms with van der Waals surface area (Å²) in [5.74, 6) is 0.124. The van der Waals surface area contributed by atoms with Crippen molar-refractivity contribution in [3.05, 3.63) is 82.0 Å². The highest BCUT2D eigenvalue weighted by Gasteiger charge is 2.30. The van der Waals surface area contributed by atoms with Gasteiger partial charge in [-0.1, -0.05) is 57.2 Å². The largest absolute Gasteiger partial charge is 0.377 e. The fourth-order valence-electron chi connectivity index (χ4n) is 4.23. The van der Waals surface area contributed by atoms with Gasteiger partial charge in [0.05, 0.1) is 10.8 Å². The van der Waals surface area contributed by atoms with E-state index in [0.717, 1.165) is 28.9 Å². The first-order chi connectivity index (χ1) is 16.7. The zero-order valence-electron chi connectivity index (χ0n) is 21.6. The van der Waals surface area contributed by atoms with Crippen LogP contribution in [-0.2, 0) is 11.3 Å². The van der Waals surface area contributed by atoms with E-state index in [1.807, 2.05) is 85.0 Å². The van der Waals surface area contributed by atoms with Crippen LogP contribution in [0.1, 0.15) is 60.8 Å². The monoisotopic (exact) mass is 491 g/mol. The fraction of sp³-hybridized carbons (Fsp3) is 0.379. The number of nitrogens with one attached hydrogen (secondary N) is 1. The van der Waals surface area contributed by atoms with Crippen molar-refractivity contribution in [2.24, 2.45) is 5.92 Å². The van der Waals surface area contributed by atoms with E-state index >= 15 is 0 Å². The second kappa shape index (κ2) is 12.0. The van der Waals surface area contributed by atoms with Crippen LogP contribution >= 0.6 is 11.3 Å². The summed E-state index contributed by atoms with van der Waals surface area (Å²) in [6.07, 6.45) is 0.738. The van der Waals surface area contributed by atoms with Crippen molar-refractivity contribution in [3.8, 4) is 0 Å². The zero-order chi connectivity index (χ0) is 25.5. The van der Waals surface area contributed by atoms with E-state index < -0.39 is 0 Å². The molecule has 0 unspecified atom stereocenters. The van der Waals surface area contributed by atoms with Gasteiger partial charge in [0.25, 0.3) is 5.91 Å². The topological polar surface area (TPSA) is 52.7 Å². The molecule has 0 spiro atoms. The number of carbonyl (C=O) groups is 2. The second-order valence-electron chi connectivity index (χ2n) is 9.49. The third-order valence-corrected chi connectivity index (χ3v) is 7.42. The molecule has 3 rings (SSSR count). The number of amides is 2. The van der Waals surface area contributed by atoms with Crippen LogP contribution in [0, 0.1) is 5.92 Å². The van der Waals surface area contributed by atoms with E-state index in [1.165, 1.54) is 11.3 Å². The van der Waals surface area contributed by atoms with Gasteiger partial charge in [-0.2, -0.15) is 0 Å². The molecule has 0 saturated heterocycles. The van der Waals surface area contributed by atoms with Gasteiger partial charge in [0.2, 0.25) is 5.91 Å². The molecule has 1 N–H and O–H groups in total. The van der Waals surface area contributed by atoms with Crippen molar-refractivity contribution in [2.45, 2.75) is 52.6 Å². The van der Waals surface area contributed by atoms with Gasteiger partial charge in [0.1, 0.15) is 0 Å². The van der Waals surface area contributed by atoms with Gasteiger partial charge < -0.3 is 15.1 Å². The van der Waals surface area contributed by atoms with Gasteiger partial charge in [0, 0.05) is 38.1 Å². The highest BCUT2D eigenvalue weighted by Crippen LogP contribution is 2.30. The standard InChI is InChI=1S/C29H37N3O2S/c1-7-25(22-12-9-8-10-13-22)29(34)32(21(4)20(2)3)19-23-18-24(15-16-26(23)31(5)6)30-28(33)27-14-11-17-35-27/h8-18,20-21,25H,7,19H2,1-6H3,(H,30,33)/t21-,25+/m1/s1. The third-order valence-electron chi connectivity index (χ3n) is 6.55. The molecule has 2 atom stereocenters. The molecular formula is C29H37N3O2S. The molecule has 0 aliphatic heterocycles. The Kier molecular flexibility index (Phi) is 9.10. The highest BCUT2D eigenvalue weighted by molar-refractivity contribution is 7.12. The maximum atomic E-state index is 14.0.